The van der Waals surface area contributed by atoms with Crippen molar-refractivity contribution in [3.05, 3.63) is 36.0 Å². The molecule has 0 saturated carbocycles. The Morgan fingerprint density at radius 3 is 2.86 bits per heavy atom. The maximum Gasteiger partial charge on any atom is 0.275 e. The summed E-state index contributed by atoms with van der Waals surface area (Å²) < 4.78 is 21.7. The van der Waals surface area contributed by atoms with Crippen molar-refractivity contribution in [3.63, 3.8) is 0 Å². The van der Waals surface area contributed by atoms with Gasteiger partial charge in [-0.05, 0) is 32.5 Å². The summed E-state index contributed by atoms with van der Waals surface area (Å²) in [5, 5.41) is 0. The van der Waals surface area contributed by atoms with Crippen LogP contribution < -0.4 is 14.2 Å². The second kappa shape index (κ2) is 7.35. The van der Waals surface area contributed by atoms with Gasteiger partial charge in [0.1, 0.15) is 12.0 Å². The number of carbonyl (C=O) groups is 1. The number of carbonyl (C=O) groups excluding carboxylic acids is 1. The molecule has 8 heteroatoms. The number of oxazole rings is 1. The van der Waals surface area contributed by atoms with Crippen molar-refractivity contribution in [1.82, 2.24) is 14.8 Å². The monoisotopic (exact) mass is 387 g/mol. The van der Waals surface area contributed by atoms with Crippen molar-refractivity contribution < 1.29 is 23.4 Å². The van der Waals surface area contributed by atoms with Gasteiger partial charge in [-0.1, -0.05) is 6.92 Å². The quantitative estimate of drug-likeness (QED) is 0.780. The molecule has 150 valence electrons. The molecule has 0 radical (unpaired) electrons. The van der Waals surface area contributed by atoms with Gasteiger partial charge in [-0.25, -0.2) is 4.98 Å². The van der Waals surface area contributed by atoms with Gasteiger partial charge in [0.25, 0.3) is 5.91 Å². The van der Waals surface area contributed by atoms with Crippen LogP contribution in [0.2, 0.25) is 0 Å². The lowest BCUT2D eigenvalue weighted by molar-refractivity contribution is 0.0206. The molecule has 1 saturated heterocycles. The van der Waals surface area contributed by atoms with Crippen LogP contribution >= 0.6 is 0 Å². The molecule has 0 spiro atoms. The summed E-state index contributed by atoms with van der Waals surface area (Å²) >= 11 is 0. The molecule has 8 nitrogen and oxygen atoms in total. The van der Waals surface area contributed by atoms with E-state index in [9.17, 15) is 4.79 Å². The molecular formula is C20H25N3O5. The molecule has 0 bridgehead atoms. The number of likely N-dealkylation sites (N-methyl/N-ethyl adjacent to an activating group) is 1. The number of nitrogens with zero attached hydrogens (tertiary/aromatic N) is 3. The highest BCUT2D eigenvalue weighted by Gasteiger charge is 2.35. The highest BCUT2D eigenvalue weighted by atomic mass is 16.7. The van der Waals surface area contributed by atoms with Crippen LogP contribution in [-0.2, 0) is 6.61 Å². The minimum Gasteiger partial charge on any atom is -0.484 e. The predicted octanol–water partition coefficient (Wildman–Crippen LogP) is 2.54. The van der Waals surface area contributed by atoms with E-state index in [-0.39, 0.29) is 24.8 Å². The molecule has 2 aliphatic rings. The first-order valence-electron chi connectivity index (χ1n) is 9.47. The molecule has 2 aliphatic heterocycles. The van der Waals surface area contributed by atoms with E-state index < -0.39 is 0 Å². The molecule has 3 heterocycles. The van der Waals surface area contributed by atoms with Gasteiger partial charge in [-0.3, -0.25) is 9.69 Å². The molecule has 1 fully saturated rings. The van der Waals surface area contributed by atoms with Gasteiger partial charge in [0, 0.05) is 31.2 Å². The van der Waals surface area contributed by atoms with Gasteiger partial charge in [0.2, 0.25) is 12.7 Å². The van der Waals surface area contributed by atoms with Gasteiger partial charge < -0.3 is 23.5 Å². The fourth-order valence-corrected chi connectivity index (χ4v) is 3.70. The third-order valence-corrected chi connectivity index (χ3v) is 5.22. The maximum atomic E-state index is 12.8. The largest absolute Gasteiger partial charge is 0.484 e. The molecule has 2 aromatic rings. The van der Waals surface area contributed by atoms with Crippen LogP contribution in [0.5, 0.6) is 17.2 Å². The summed E-state index contributed by atoms with van der Waals surface area (Å²) in [5.41, 5.74) is 0.252. The average Bonchev–Trinajstić information content (AvgIpc) is 3.33. The summed E-state index contributed by atoms with van der Waals surface area (Å²) in [6.07, 6.45) is 1.40. The Balaban J connectivity index is 1.37. The first-order valence-corrected chi connectivity index (χ1v) is 9.47. The van der Waals surface area contributed by atoms with E-state index in [2.05, 4.69) is 30.7 Å². The zero-order valence-electron chi connectivity index (χ0n) is 16.4. The second-order valence-electron chi connectivity index (χ2n) is 7.55. The van der Waals surface area contributed by atoms with Crippen LogP contribution in [0.3, 0.4) is 0 Å². The number of piperazine rings is 1. The van der Waals surface area contributed by atoms with Crippen molar-refractivity contribution in [3.8, 4) is 17.2 Å². The van der Waals surface area contributed by atoms with Crippen LogP contribution in [0.15, 0.2) is 28.9 Å². The molecule has 0 N–H and O–H groups in total. The lowest BCUT2D eigenvalue weighted by Crippen LogP contribution is -2.60. The summed E-state index contributed by atoms with van der Waals surface area (Å²) in [6, 6.07) is 5.34. The molecule has 4 rings (SSSR count). The summed E-state index contributed by atoms with van der Waals surface area (Å²) in [5.74, 6) is 2.21. The van der Waals surface area contributed by atoms with Gasteiger partial charge >= 0.3 is 0 Å². The predicted molar refractivity (Wildman–Crippen MR) is 101 cm³/mol. The Morgan fingerprint density at radius 2 is 2.07 bits per heavy atom. The molecule has 1 aromatic heterocycles. The Kier molecular flexibility index (Phi) is 4.89. The fraction of sp³-hybridized carbons (Fsp3) is 0.500. The van der Waals surface area contributed by atoms with Crippen molar-refractivity contribution in [2.45, 2.75) is 32.9 Å². The van der Waals surface area contributed by atoms with Gasteiger partial charge in [0.15, 0.2) is 23.8 Å². The lowest BCUT2D eigenvalue weighted by Gasteiger charge is -2.46. The standard InChI is InChI=1S/C20H25N3O5/c1-4-23-8-7-22(12-20(23,2)3)19(24)15-10-26-18(21-15)11-25-14-5-6-16-17(9-14)28-13-27-16/h5-6,9-10H,4,7-8,11-13H2,1-3H3. The van der Waals surface area contributed by atoms with Crippen LogP contribution in [0.1, 0.15) is 37.2 Å². The second-order valence-corrected chi connectivity index (χ2v) is 7.55. The Morgan fingerprint density at radius 1 is 1.25 bits per heavy atom. The number of hydrogen-bond acceptors (Lipinski definition) is 7. The van der Waals surface area contributed by atoms with Crippen LogP contribution in [0, 0.1) is 0 Å². The number of ether oxygens (including phenoxy) is 3. The van der Waals surface area contributed by atoms with Crippen molar-refractivity contribution in [2.24, 2.45) is 0 Å². The van der Waals surface area contributed by atoms with Crippen molar-refractivity contribution in [2.75, 3.05) is 33.0 Å². The van der Waals surface area contributed by atoms with Crippen molar-refractivity contribution in [1.29, 1.82) is 0 Å². The molecule has 0 aliphatic carbocycles. The van der Waals surface area contributed by atoms with Gasteiger partial charge in [-0.2, -0.15) is 0 Å². The summed E-state index contributed by atoms with van der Waals surface area (Å²) in [4.78, 5) is 21.3. The van der Waals surface area contributed by atoms with E-state index in [1.807, 2.05) is 4.90 Å². The van der Waals surface area contributed by atoms with Crippen LogP contribution in [-0.4, -0.2) is 59.2 Å². The third-order valence-electron chi connectivity index (χ3n) is 5.22. The number of hydrogen-bond donors (Lipinski definition) is 0. The summed E-state index contributed by atoms with van der Waals surface area (Å²) in [7, 11) is 0. The maximum absolute atomic E-state index is 12.8. The number of rotatable bonds is 5. The van der Waals surface area contributed by atoms with E-state index in [1.54, 1.807) is 18.2 Å². The van der Waals surface area contributed by atoms with Gasteiger partial charge in [-0.15, -0.1) is 0 Å². The average molecular weight is 387 g/mol. The molecular weight excluding hydrogens is 362 g/mol. The normalized spacial score (nSPS) is 18.3. The van der Waals surface area contributed by atoms with E-state index in [0.717, 1.165) is 13.1 Å². The van der Waals surface area contributed by atoms with Crippen molar-refractivity contribution >= 4 is 5.91 Å². The zero-order valence-corrected chi connectivity index (χ0v) is 16.4. The third kappa shape index (κ3) is 3.64. The fourth-order valence-electron chi connectivity index (χ4n) is 3.70. The first-order chi connectivity index (χ1) is 13.5. The first kappa shape index (κ1) is 18.6. The number of fused-ring (bicyclic) bond motifs is 1. The molecule has 0 atom stereocenters. The molecule has 0 unspecified atom stereocenters. The molecule has 28 heavy (non-hydrogen) atoms. The van der Waals surface area contributed by atoms with E-state index >= 15 is 0 Å². The topological polar surface area (TPSA) is 77.3 Å². The van der Waals surface area contributed by atoms with E-state index in [1.165, 1.54) is 6.26 Å². The SMILES string of the molecule is CCN1CCN(C(=O)c2coc(COc3ccc4c(c3)OCO4)n2)CC1(C)C. The van der Waals surface area contributed by atoms with E-state index in [4.69, 9.17) is 18.6 Å². The smallest absolute Gasteiger partial charge is 0.275 e. The van der Waals surface area contributed by atoms with E-state index in [0.29, 0.717) is 41.9 Å². The molecule has 1 aromatic carbocycles. The highest BCUT2D eigenvalue weighted by molar-refractivity contribution is 5.92. The Labute approximate surface area is 164 Å². The number of amides is 1. The highest BCUT2D eigenvalue weighted by Crippen LogP contribution is 2.35. The van der Waals surface area contributed by atoms with Gasteiger partial charge in [0.05, 0.1) is 0 Å². The number of benzene rings is 1. The Bertz CT molecular complexity index is 863. The minimum atomic E-state index is -0.109. The minimum absolute atomic E-state index is 0.0578. The van der Waals surface area contributed by atoms with Crippen LogP contribution in [0.25, 0.3) is 0 Å². The molecule has 1 amide bonds. The Hall–Kier alpha value is -2.74. The summed E-state index contributed by atoms with van der Waals surface area (Å²) in [6.45, 7) is 9.97. The lowest BCUT2D eigenvalue weighted by atomic mass is 9.98. The number of aromatic nitrogens is 1. The zero-order chi connectivity index (χ0) is 19.7. The van der Waals surface area contributed by atoms with Crippen LogP contribution in [0.4, 0.5) is 0 Å².